The molecule has 2 heterocycles. The minimum Gasteiger partial charge on any atom is -0.872 e. The van der Waals surface area contributed by atoms with Crippen LogP contribution in [-0.2, 0) is 0 Å². The number of benzene rings is 4. The summed E-state index contributed by atoms with van der Waals surface area (Å²) in [5, 5.41) is 59.4. The molecule has 0 bridgehead atoms. The standard InChI is InChI=1S/C12H8N2.3C7H6O3.Gd/c1-3-9-5-6-10-4-2-8-14-12(10)11(9)13-7-1;3*8-6-4-2-1-3-5(6)7(9)10;/h1-8H;3*1-4,8H,(H,9,10);/q;;;;+3/p-3. The van der Waals surface area contributed by atoms with Gasteiger partial charge in [0.05, 0.1) is 27.7 Å². The number of carbonyl (C=O) groups is 3. The molecule has 0 spiro atoms. The number of carboxylic acid groups (broad SMARTS) is 3. The van der Waals surface area contributed by atoms with Gasteiger partial charge in [-0.05, 0) is 30.3 Å². The van der Waals surface area contributed by atoms with Gasteiger partial charge in [0, 0.05) is 23.2 Å². The zero-order chi connectivity index (χ0) is 32.1. The van der Waals surface area contributed by atoms with E-state index in [0.29, 0.717) is 0 Å². The van der Waals surface area contributed by atoms with Gasteiger partial charge in [-0.2, -0.15) is 0 Å². The fourth-order valence-corrected chi connectivity index (χ4v) is 3.61. The summed E-state index contributed by atoms with van der Waals surface area (Å²) in [5.74, 6) is -4.87. The van der Waals surface area contributed by atoms with Gasteiger partial charge in [0.1, 0.15) is 0 Å². The van der Waals surface area contributed by atoms with Gasteiger partial charge in [-0.1, -0.05) is 96.1 Å². The van der Waals surface area contributed by atoms with Crippen LogP contribution in [-0.4, -0.2) is 43.2 Å². The van der Waals surface area contributed by atoms with E-state index in [9.17, 15) is 29.7 Å². The smallest absolute Gasteiger partial charge is 0.872 e. The molecule has 2 aromatic heterocycles. The Labute approximate surface area is 288 Å². The van der Waals surface area contributed by atoms with Gasteiger partial charge in [0.2, 0.25) is 0 Å². The monoisotopic (exact) mass is 749 g/mol. The van der Waals surface area contributed by atoms with Crippen LogP contribution in [0.25, 0.3) is 21.8 Å². The summed E-state index contributed by atoms with van der Waals surface area (Å²) in [7, 11) is 0. The molecule has 6 rings (SSSR count). The molecular formula is C33H23GdN2O9. The zero-order valence-electron chi connectivity index (χ0n) is 23.1. The predicted molar refractivity (Wildman–Crippen MR) is 156 cm³/mol. The molecule has 0 saturated heterocycles. The van der Waals surface area contributed by atoms with Crippen molar-refractivity contribution in [3.8, 4) is 17.2 Å². The molecule has 0 atom stereocenters. The Balaban J connectivity index is 0.000000211. The molecule has 12 heteroatoms. The number of aromatic nitrogens is 2. The number of aromatic carboxylic acids is 3. The van der Waals surface area contributed by atoms with E-state index < -0.39 is 35.2 Å². The molecule has 227 valence electrons. The maximum Gasteiger partial charge on any atom is 3.00 e. The first kappa shape index (κ1) is 36.0. The van der Waals surface area contributed by atoms with Crippen LogP contribution in [0.1, 0.15) is 31.1 Å². The van der Waals surface area contributed by atoms with Crippen LogP contribution in [0, 0.1) is 39.9 Å². The SMILES string of the molecule is O=C(O)c1ccccc1[O-].O=C(O)c1ccccc1[O-].O=C(O)c1ccccc1[O-].[Gd+3].c1cnc2c(c1)ccc1cccnc12. The maximum atomic E-state index is 10.7. The second kappa shape index (κ2) is 17.8. The zero-order valence-corrected chi connectivity index (χ0v) is 25.4. The minimum absolute atomic E-state index is 0. The van der Waals surface area contributed by atoms with Crippen molar-refractivity contribution in [3.05, 3.63) is 138 Å². The molecule has 0 aliphatic heterocycles. The Bertz CT molecular complexity index is 1730. The fourth-order valence-electron chi connectivity index (χ4n) is 3.61. The Morgan fingerprint density at radius 1 is 0.444 bits per heavy atom. The van der Waals surface area contributed by atoms with Gasteiger partial charge in [0.25, 0.3) is 0 Å². The number of hydrogen-bond acceptors (Lipinski definition) is 8. The van der Waals surface area contributed by atoms with Crippen LogP contribution < -0.4 is 15.3 Å². The first-order chi connectivity index (χ1) is 21.1. The van der Waals surface area contributed by atoms with E-state index >= 15 is 0 Å². The maximum absolute atomic E-state index is 10.7. The Morgan fingerprint density at radius 2 is 0.733 bits per heavy atom. The number of carboxylic acids is 3. The van der Waals surface area contributed by atoms with E-state index in [1.54, 1.807) is 12.4 Å². The third-order valence-electron chi connectivity index (χ3n) is 5.70. The molecule has 0 saturated carbocycles. The third-order valence-corrected chi connectivity index (χ3v) is 5.70. The second-order valence-corrected chi connectivity index (χ2v) is 8.62. The minimum atomic E-state index is -1.18. The van der Waals surface area contributed by atoms with Crippen molar-refractivity contribution < 1.29 is 85.0 Å². The second-order valence-electron chi connectivity index (χ2n) is 8.62. The number of rotatable bonds is 3. The molecule has 4 aromatic carbocycles. The molecule has 3 N–H and O–H groups in total. The van der Waals surface area contributed by atoms with Crippen molar-refractivity contribution in [2.75, 3.05) is 0 Å². The first-order valence-corrected chi connectivity index (χ1v) is 12.7. The summed E-state index contributed by atoms with van der Waals surface area (Å²) >= 11 is 0. The van der Waals surface area contributed by atoms with Crippen LogP contribution >= 0.6 is 0 Å². The number of hydrogen-bond donors (Lipinski definition) is 3. The van der Waals surface area contributed by atoms with E-state index in [1.807, 2.05) is 12.1 Å². The van der Waals surface area contributed by atoms with E-state index in [0.717, 1.165) is 21.8 Å². The van der Waals surface area contributed by atoms with Gasteiger partial charge in [-0.3, -0.25) is 9.97 Å². The Morgan fingerprint density at radius 3 is 0.978 bits per heavy atom. The van der Waals surface area contributed by atoms with Crippen molar-refractivity contribution in [2.45, 2.75) is 0 Å². The first-order valence-electron chi connectivity index (χ1n) is 12.7. The van der Waals surface area contributed by atoms with Crippen molar-refractivity contribution in [1.82, 2.24) is 9.97 Å². The summed E-state index contributed by atoms with van der Waals surface area (Å²) in [6, 6.07) is 28.7. The molecule has 0 fully saturated rings. The van der Waals surface area contributed by atoms with Crippen LogP contribution in [0.3, 0.4) is 0 Å². The number of nitrogens with zero attached hydrogens (tertiary/aromatic N) is 2. The summed E-state index contributed by atoms with van der Waals surface area (Å²) in [4.78, 5) is 39.4. The Hall–Kier alpha value is -5.17. The molecule has 11 nitrogen and oxygen atoms in total. The van der Waals surface area contributed by atoms with E-state index in [-0.39, 0.29) is 56.6 Å². The molecule has 6 aromatic rings. The van der Waals surface area contributed by atoms with Crippen molar-refractivity contribution in [3.63, 3.8) is 0 Å². The van der Waals surface area contributed by atoms with Crippen LogP contribution in [0.15, 0.2) is 122 Å². The van der Waals surface area contributed by atoms with Crippen molar-refractivity contribution >= 4 is 39.7 Å². The van der Waals surface area contributed by atoms with E-state index in [4.69, 9.17) is 15.3 Å². The van der Waals surface area contributed by atoms with Gasteiger partial charge < -0.3 is 30.6 Å². The van der Waals surface area contributed by atoms with Gasteiger partial charge in [0.15, 0.2) is 0 Å². The summed E-state index contributed by atoms with van der Waals surface area (Å²) in [6.07, 6.45) is 3.60. The summed E-state index contributed by atoms with van der Waals surface area (Å²) < 4.78 is 0. The average molecular weight is 749 g/mol. The summed E-state index contributed by atoms with van der Waals surface area (Å²) in [6.45, 7) is 0. The molecule has 45 heavy (non-hydrogen) atoms. The van der Waals surface area contributed by atoms with E-state index in [1.165, 1.54) is 72.8 Å². The summed E-state index contributed by atoms with van der Waals surface area (Å²) in [5.41, 5.74) is 1.42. The third kappa shape index (κ3) is 10.5. The van der Waals surface area contributed by atoms with Crippen molar-refractivity contribution in [2.24, 2.45) is 0 Å². The van der Waals surface area contributed by atoms with Gasteiger partial charge in [-0.25, -0.2) is 14.4 Å². The molecule has 0 aliphatic carbocycles. The molecular weight excluding hydrogens is 726 g/mol. The molecule has 0 aliphatic rings. The fraction of sp³-hybridized carbons (Fsp3) is 0. The normalized spacial score (nSPS) is 9.51. The Kier molecular flexibility index (Phi) is 14.3. The van der Waals surface area contributed by atoms with Crippen LogP contribution in [0.4, 0.5) is 0 Å². The molecule has 0 unspecified atom stereocenters. The van der Waals surface area contributed by atoms with Crippen LogP contribution in [0.5, 0.6) is 17.2 Å². The average Bonchev–Trinajstić information content (AvgIpc) is 3.02. The van der Waals surface area contributed by atoms with E-state index in [2.05, 4.69) is 34.2 Å². The quantitative estimate of drug-likeness (QED) is 0.219. The van der Waals surface area contributed by atoms with Crippen molar-refractivity contribution in [1.29, 1.82) is 0 Å². The number of fused-ring (bicyclic) bond motifs is 3. The molecule has 0 amide bonds. The topological polar surface area (TPSA) is 207 Å². The van der Waals surface area contributed by atoms with Crippen LogP contribution in [0.2, 0.25) is 0 Å². The molecule has 1 radical (unpaired) electrons. The largest absolute Gasteiger partial charge is 3.00 e. The van der Waals surface area contributed by atoms with Gasteiger partial charge in [-0.15, -0.1) is 0 Å². The number of para-hydroxylation sites is 3. The predicted octanol–water partition coefficient (Wildman–Crippen LogP) is 4.16. The van der Waals surface area contributed by atoms with Gasteiger partial charge >= 0.3 is 57.8 Å². The number of pyridine rings is 2.